The molecule has 8 heteroatoms. The lowest BCUT2D eigenvalue weighted by atomic mass is 10.1. The lowest BCUT2D eigenvalue weighted by Gasteiger charge is -2.11. The summed E-state index contributed by atoms with van der Waals surface area (Å²) in [5.74, 6) is 1.26. The molecule has 1 aliphatic heterocycles. The molecule has 17 heavy (non-hydrogen) atoms. The fourth-order valence-corrected chi connectivity index (χ4v) is 4.07. The number of hydrogen-bond acceptors (Lipinski definition) is 5. The van der Waals surface area contributed by atoms with Gasteiger partial charge < -0.3 is 5.32 Å². The minimum absolute atomic E-state index is 0.139. The Balaban J connectivity index is 1.97. The summed E-state index contributed by atoms with van der Waals surface area (Å²) in [6.45, 7) is 0.575. The van der Waals surface area contributed by atoms with E-state index in [1.807, 2.05) is 0 Å². The van der Waals surface area contributed by atoms with Crippen LogP contribution in [0.4, 0.5) is 5.82 Å². The van der Waals surface area contributed by atoms with Crippen molar-refractivity contribution in [3.05, 3.63) is 16.0 Å². The largest absolute Gasteiger partial charge is 0.369 e. The molecule has 1 fully saturated rings. The molecule has 1 atom stereocenters. The number of halogens is 2. The van der Waals surface area contributed by atoms with Gasteiger partial charge >= 0.3 is 0 Å². The third-order valence-corrected chi connectivity index (χ3v) is 5.20. The Hall–Kier alpha value is -0.400. The molecule has 0 spiro atoms. The second kappa shape index (κ2) is 5.07. The van der Waals surface area contributed by atoms with Gasteiger partial charge in [-0.2, -0.15) is 4.98 Å². The van der Waals surface area contributed by atoms with Gasteiger partial charge in [0.25, 0.3) is 0 Å². The maximum absolute atomic E-state index is 11.3. The van der Waals surface area contributed by atoms with Gasteiger partial charge in [0.2, 0.25) is 5.28 Å². The highest BCUT2D eigenvalue weighted by atomic mass is 79.9. The van der Waals surface area contributed by atoms with Gasteiger partial charge in [0.05, 0.1) is 16.0 Å². The van der Waals surface area contributed by atoms with E-state index in [2.05, 4.69) is 31.2 Å². The zero-order valence-electron chi connectivity index (χ0n) is 8.86. The van der Waals surface area contributed by atoms with Gasteiger partial charge in [-0.05, 0) is 39.9 Å². The van der Waals surface area contributed by atoms with Gasteiger partial charge in [0.1, 0.15) is 5.82 Å². The molecule has 5 nitrogen and oxygen atoms in total. The van der Waals surface area contributed by atoms with E-state index in [-0.39, 0.29) is 22.7 Å². The molecule has 0 saturated carbocycles. The van der Waals surface area contributed by atoms with E-state index in [0.717, 1.165) is 0 Å². The van der Waals surface area contributed by atoms with Crippen LogP contribution in [0.2, 0.25) is 5.28 Å². The van der Waals surface area contributed by atoms with Gasteiger partial charge in [0, 0.05) is 12.7 Å². The van der Waals surface area contributed by atoms with Gasteiger partial charge in [0.15, 0.2) is 9.84 Å². The smallest absolute Gasteiger partial charge is 0.224 e. The van der Waals surface area contributed by atoms with Crippen molar-refractivity contribution in [2.45, 2.75) is 6.42 Å². The molecule has 0 aromatic carbocycles. The van der Waals surface area contributed by atoms with E-state index in [0.29, 0.717) is 23.3 Å². The summed E-state index contributed by atoms with van der Waals surface area (Å²) < 4.78 is 23.3. The SMILES string of the molecule is O=S1(=O)CCC(CNc2nc(Cl)ncc2Br)C1. The summed E-state index contributed by atoms with van der Waals surface area (Å²) in [6, 6.07) is 0. The Morgan fingerprint density at radius 3 is 3.00 bits per heavy atom. The molecular formula is C9H11BrClN3O2S. The quantitative estimate of drug-likeness (QED) is 0.849. The van der Waals surface area contributed by atoms with Gasteiger partial charge in [-0.15, -0.1) is 0 Å². The van der Waals surface area contributed by atoms with Gasteiger partial charge in [-0.1, -0.05) is 0 Å². The molecule has 94 valence electrons. The molecule has 1 saturated heterocycles. The molecule has 2 heterocycles. The first-order chi connectivity index (χ1) is 7.96. The highest BCUT2D eigenvalue weighted by Gasteiger charge is 2.27. The van der Waals surface area contributed by atoms with Crippen LogP contribution in [-0.2, 0) is 9.84 Å². The van der Waals surface area contributed by atoms with E-state index >= 15 is 0 Å². The Labute approximate surface area is 113 Å². The van der Waals surface area contributed by atoms with Crippen molar-refractivity contribution in [2.24, 2.45) is 5.92 Å². The minimum atomic E-state index is -2.83. The first-order valence-corrected chi connectivity index (χ1v) is 8.08. The minimum Gasteiger partial charge on any atom is -0.369 e. The molecule has 1 aliphatic rings. The predicted octanol–water partition coefficient (Wildman–Crippen LogP) is 1.74. The van der Waals surface area contributed by atoms with E-state index in [9.17, 15) is 8.42 Å². The van der Waals surface area contributed by atoms with E-state index in [4.69, 9.17) is 11.6 Å². The van der Waals surface area contributed by atoms with Crippen LogP contribution in [-0.4, -0.2) is 36.4 Å². The maximum atomic E-state index is 11.3. The number of nitrogens with zero attached hydrogens (tertiary/aromatic N) is 2. The van der Waals surface area contributed by atoms with E-state index in [1.165, 1.54) is 0 Å². The van der Waals surface area contributed by atoms with Crippen LogP contribution in [0.25, 0.3) is 0 Å². The summed E-state index contributed by atoms with van der Waals surface area (Å²) in [4.78, 5) is 7.83. The fraction of sp³-hybridized carbons (Fsp3) is 0.556. The van der Waals surface area contributed by atoms with Gasteiger partial charge in [-0.25, -0.2) is 13.4 Å². The van der Waals surface area contributed by atoms with Crippen molar-refractivity contribution in [1.82, 2.24) is 9.97 Å². The molecule has 1 aromatic rings. The lowest BCUT2D eigenvalue weighted by molar-refractivity contribution is 0.595. The summed E-state index contributed by atoms with van der Waals surface area (Å²) in [7, 11) is -2.83. The van der Waals surface area contributed by atoms with Crippen molar-refractivity contribution in [3.63, 3.8) is 0 Å². The van der Waals surface area contributed by atoms with Crippen molar-refractivity contribution >= 4 is 43.2 Å². The number of sulfone groups is 1. The molecule has 1 unspecified atom stereocenters. The zero-order valence-corrected chi connectivity index (χ0v) is 12.0. The van der Waals surface area contributed by atoms with E-state index < -0.39 is 9.84 Å². The molecule has 1 N–H and O–H groups in total. The Bertz CT molecular complexity index is 523. The molecule has 2 rings (SSSR count). The molecule has 0 aliphatic carbocycles. The number of hydrogen-bond donors (Lipinski definition) is 1. The van der Waals surface area contributed by atoms with Crippen LogP contribution in [0.5, 0.6) is 0 Å². The van der Waals surface area contributed by atoms with Crippen molar-refractivity contribution in [3.8, 4) is 0 Å². The van der Waals surface area contributed by atoms with Crippen LogP contribution < -0.4 is 5.32 Å². The topological polar surface area (TPSA) is 72.0 Å². The van der Waals surface area contributed by atoms with Crippen LogP contribution in [0.15, 0.2) is 10.7 Å². The van der Waals surface area contributed by atoms with Crippen molar-refractivity contribution in [2.75, 3.05) is 23.4 Å². The molecular weight excluding hydrogens is 330 g/mol. The zero-order chi connectivity index (χ0) is 12.5. The monoisotopic (exact) mass is 339 g/mol. The number of anilines is 1. The summed E-state index contributed by atoms with van der Waals surface area (Å²) >= 11 is 8.98. The third kappa shape index (κ3) is 3.53. The second-order valence-electron chi connectivity index (χ2n) is 3.99. The van der Waals surface area contributed by atoms with Crippen molar-refractivity contribution in [1.29, 1.82) is 0 Å². The van der Waals surface area contributed by atoms with Crippen LogP contribution >= 0.6 is 27.5 Å². The number of nitrogens with one attached hydrogen (secondary N) is 1. The Morgan fingerprint density at radius 1 is 1.59 bits per heavy atom. The Kier molecular flexibility index (Phi) is 3.89. The average molecular weight is 341 g/mol. The first kappa shape index (κ1) is 13.0. The van der Waals surface area contributed by atoms with Crippen LogP contribution in [0.3, 0.4) is 0 Å². The second-order valence-corrected chi connectivity index (χ2v) is 7.41. The lowest BCUT2D eigenvalue weighted by Crippen LogP contribution is -2.16. The highest BCUT2D eigenvalue weighted by molar-refractivity contribution is 9.10. The molecule has 0 bridgehead atoms. The van der Waals surface area contributed by atoms with E-state index in [1.54, 1.807) is 6.20 Å². The summed E-state index contributed by atoms with van der Waals surface area (Å²) in [5, 5.41) is 3.25. The van der Waals surface area contributed by atoms with Crippen LogP contribution in [0, 0.1) is 5.92 Å². The first-order valence-electron chi connectivity index (χ1n) is 5.08. The maximum Gasteiger partial charge on any atom is 0.224 e. The molecule has 1 aromatic heterocycles. The predicted molar refractivity (Wildman–Crippen MR) is 70.0 cm³/mol. The van der Waals surface area contributed by atoms with Crippen LogP contribution in [0.1, 0.15) is 6.42 Å². The summed E-state index contributed by atoms with van der Waals surface area (Å²) in [5.41, 5.74) is 0. The number of aromatic nitrogens is 2. The molecule has 0 radical (unpaired) electrons. The number of rotatable bonds is 3. The summed E-state index contributed by atoms with van der Waals surface area (Å²) in [6.07, 6.45) is 2.26. The normalized spacial score (nSPS) is 22.6. The van der Waals surface area contributed by atoms with Gasteiger partial charge in [-0.3, -0.25) is 0 Å². The standard InChI is InChI=1S/C9H11BrClN3O2S/c10-7-4-13-9(11)14-8(7)12-3-6-1-2-17(15,16)5-6/h4,6H,1-3,5H2,(H,12,13,14). The third-order valence-electron chi connectivity index (χ3n) is 2.60. The average Bonchev–Trinajstić information content (AvgIpc) is 2.60. The highest BCUT2D eigenvalue weighted by Crippen LogP contribution is 2.23. The fourth-order valence-electron chi connectivity index (χ4n) is 1.74. The Morgan fingerprint density at radius 2 is 2.35 bits per heavy atom. The molecule has 0 amide bonds. The van der Waals surface area contributed by atoms with Crippen molar-refractivity contribution < 1.29 is 8.42 Å².